The Morgan fingerprint density at radius 2 is 1.93 bits per heavy atom. The third-order valence-electron chi connectivity index (χ3n) is 2.47. The van der Waals surface area contributed by atoms with Gasteiger partial charge in [-0.05, 0) is 24.6 Å². The molecule has 0 radical (unpaired) electrons. The fourth-order valence-corrected chi connectivity index (χ4v) is 1.62. The van der Waals surface area contributed by atoms with Crippen LogP contribution in [0.5, 0.6) is 0 Å². The lowest BCUT2D eigenvalue weighted by molar-refractivity contribution is 0.532. The Morgan fingerprint density at radius 1 is 1.20 bits per heavy atom. The van der Waals surface area contributed by atoms with Gasteiger partial charge in [0.2, 0.25) is 5.55 Å². The Morgan fingerprint density at radius 3 is 2.60 bits per heavy atom. The first-order chi connectivity index (χ1) is 7.08. The van der Waals surface area contributed by atoms with E-state index < -0.39 is 0 Å². The van der Waals surface area contributed by atoms with Crippen LogP contribution in [0.4, 0.5) is 5.69 Å². The van der Waals surface area contributed by atoms with Crippen molar-refractivity contribution < 1.29 is 4.42 Å². The number of rotatable bonds is 1. The van der Waals surface area contributed by atoms with Crippen LogP contribution in [0, 0.1) is 12.3 Å². The molecule has 0 aliphatic heterocycles. The largest absolute Gasteiger partial charge is 0.439 e. The smallest absolute Gasteiger partial charge is 0.212 e. The minimum absolute atomic E-state index is 0.205. The van der Waals surface area contributed by atoms with Gasteiger partial charge >= 0.3 is 0 Å². The predicted octanol–water partition coefficient (Wildman–Crippen LogP) is 2.29. The average molecular weight is 202 g/mol. The minimum atomic E-state index is 0.205. The molecule has 3 heteroatoms. The molecular formula is C12H14N2O. The summed E-state index contributed by atoms with van der Waals surface area (Å²) in [7, 11) is 3.97. The molecule has 0 unspecified atom stereocenters. The van der Waals surface area contributed by atoms with Gasteiger partial charge in [0.05, 0.1) is 0 Å². The maximum absolute atomic E-state index is 7.52. The van der Waals surface area contributed by atoms with E-state index in [-0.39, 0.29) is 5.55 Å². The fourth-order valence-electron chi connectivity index (χ4n) is 1.62. The van der Waals surface area contributed by atoms with E-state index in [0.29, 0.717) is 0 Å². The van der Waals surface area contributed by atoms with Crippen molar-refractivity contribution in [3.63, 3.8) is 0 Å². The number of nitrogens with one attached hydrogen (secondary N) is 1. The predicted molar refractivity (Wildman–Crippen MR) is 61.1 cm³/mol. The monoisotopic (exact) mass is 202 g/mol. The van der Waals surface area contributed by atoms with Crippen molar-refractivity contribution >= 4 is 16.7 Å². The number of benzene rings is 1. The standard InChI is InChI=1S/C12H14N2O/c1-8-6-12(13)15-11-7-9(14(2)3)4-5-10(8)11/h4-7,13H,1-3H3. The number of nitrogens with zero attached hydrogens (tertiary/aromatic N) is 1. The van der Waals surface area contributed by atoms with Gasteiger partial charge in [-0.2, -0.15) is 0 Å². The van der Waals surface area contributed by atoms with Crippen LogP contribution in [0.3, 0.4) is 0 Å². The van der Waals surface area contributed by atoms with Crippen molar-refractivity contribution in [2.75, 3.05) is 19.0 Å². The Labute approximate surface area is 88.5 Å². The van der Waals surface area contributed by atoms with Gasteiger partial charge < -0.3 is 9.32 Å². The summed E-state index contributed by atoms with van der Waals surface area (Å²) in [6.45, 7) is 1.99. The van der Waals surface area contributed by atoms with Crippen LogP contribution in [0.25, 0.3) is 11.0 Å². The van der Waals surface area contributed by atoms with Gasteiger partial charge in [-0.15, -0.1) is 0 Å². The fraction of sp³-hybridized carbons (Fsp3) is 0.250. The van der Waals surface area contributed by atoms with Crippen LogP contribution >= 0.6 is 0 Å². The second-order valence-electron chi connectivity index (χ2n) is 3.87. The highest BCUT2D eigenvalue weighted by Gasteiger charge is 2.02. The normalized spacial score (nSPS) is 10.6. The number of aryl methyl sites for hydroxylation is 1. The molecule has 1 aromatic heterocycles. The summed E-state index contributed by atoms with van der Waals surface area (Å²) in [6.07, 6.45) is 0. The first-order valence-electron chi connectivity index (χ1n) is 4.84. The van der Waals surface area contributed by atoms with E-state index in [1.807, 2.05) is 38.1 Å². The van der Waals surface area contributed by atoms with Gasteiger partial charge in [0.1, 0.15) is 5.58 Å². The zero-order valence-corrected chi connectivity index (χ0v) is 9.16. The molecule has 1 aromatic carbocycles. The van der Waals surface area contributed by atoms with E-state index >= 15 is 0 Å². The van der Waals surface area contributed by atoms with E-state index in [4.69, 9.17) is 9.83 Å². The molecule has 0 fully saturated rings. The molecule has 0 amide bonds. The minimum Gasteiger partial charge on any atom is -0.439 e. The molecule has 0 spiro atoms. The molecule has 0 aliphatic carbocycles. The van der Waals surface area contributed by atoms with Crippen LogP contribution in [-0.2, 0) is 0 Å². The zero-order valence-electron chi connectivity index (χ0n) is 9.16. The highest BCUT2D eigenvalue weighted by atomic mass is 16.3. The molecule has 1 heterocycles. The third-order valence-corrected chi connectivity index (χ3v) is 2.47. The van der Waals surface area contributed by atoms with Crippen LogP contribution in [-0.4, -0.2) is 14.1 Å². The lowest BCUT2D eigenvalue weighted by atomic mass is 10.1. The highest BCUT2D eigenvalue weighted by molar-refractivity contribution is 5.83. The SMILES string of the molecule is Cc1cc(=N)oc2cc(N(C)C)ccc12. The van der Waals surface area contributed by atoms with Gasteiger partial charge in [0, 0.05) is 37.3 Å². The molecule has 2 aromatic rings. The van der Waals surface area contributed by atoms with Crippen molar-refractivity contribution in [3.8, 4) is 0 Å². The van der Waals surface area contributed by atoms with Crippen LogP contribution < -0.4 is 10.5 Å². The quantitative estimate of drug-likeness (QED) is 0.770. The Hall–Kier alpha value is -1.77. The number of anilines is 1. The van der Waals surface area contributed by atoms with Gasteiger partial charge in [0.15, 0.2) is 0 Å². The summed E-state index contributed by atoms with van der Waals surface area (Å²) in [5, 5.41) is 8.58. The van der Waals surface area contributed by atoms with E-state index in [9.17, 15) is 0 Å². The summed E-state index contributed by atoms with van der Waals surface area (Å²) in [6, 6.07) is 7.77. The van der Waals surface area contributed by atoms with Gasteiger partial charge in [-0.25, -0.2) is 0 Å². The third kappa shape index (κ3) is 1.73. The van der Waals surface area contributed by atoms with E-state index in [1.54, 1.807) is 6.07 Å². The van der Waals surface area contributed by atoms with Crippen molar-refractivity contribution in [2.24, 2.45) is 0 Å². The first kappa shape index (κ1) is 9.77. The van der Waals surface area contributed by atoms with E-state index in [1.165, 1.54) is 0 Å². The molecule has 1 N–H and O–H groups in total. The van der Waals surface area contributed by atoms with Gasteiger partial charge in [-0.3, -0.25) is 5.41 Å². The molecule has 3 nitrogen and oxygen atoms in total. The van der Waals surface area contributed by atoms with E-state index in [2.05, 4.69) is 6.07 Å². The summed E-state index contributed by atoms with van der Waals surface area (Å²) in [5.41, 5.74) is 3.13. The van der Waals surface area contributed by atoms with Crippen molar-refractivity contribution in [1.29, 1.82) is 5.41 Å². The zero-order chi connectivity index (χ0) is 11.0. The molecule has 15 heavy (non-hydrogen) atoms. The van der Waals surface area contributed by atoms with Crippen LogP contribution in [0.2, 0.25) is 0 Å². The van der Waals surface area contributed by atoms with Crippen molar-refractivity contribution in [3.05, 3.63) is 35.4 Å². The molecule has 0 saturated carbocycles. The molecule has 0 atom stereocenters. The maximum Gasteiger partial charge on any atom is 0.212 e. The Balaban J connectivity index is 2.76. The number of hydrogen-bond acceptors (Lipinski definition) is 3. The van der Waals surface area contributed by atoms with Crippen LogP contribution in [0.15, 0.2) is 28.7 Å². The first-order valence-corrected chi connectivity index (χ1v) is 4.84. The Kier molecular flexibility index (Phi) is 2.23. The molecule has 78 valence electrons. The van der Waals surface area contributed by atoms with Crippen molar-refractivity contribution in [1.82, 2.24) is 0 Å². The Bertz CT molecular complexity index is 555. The van der Waals surface area contributed by atoms with Crippen molar-refractivity contribution in [2.45, 2.75) is 6.92 Å². The molecule has 0 bridgehead atoms. The molecule has 2 rings (SSSR count). The molecule has 0 saturated heterocycles. The summed E-state index contributed by atoms with van der Waals surface area (Å²) in [5.74, 6) is 0. The van der Waals surface area contributed by atoms with Gasteiger partial charge in [0.25, 0.3) is 0 Å². The lowest BCUT2D eigenvalue weighted by Gasteiger charge is -2.12. The number of hydrogen-bond donors (Lipinski definition) is 1. The molecule has 0 aliphatic rings. The topological polar surface area (TPSA) is 40.2 Å². The highest BCUT2D eigenvalue weighted by Crippen LogP contribution is 2.21. The average Bonchev–Trinajstić information content (AvgIpc) is 2.16. The summed E-state index contributed by atoms with van der Waals surface area (Å²) in [4.78, 5) is 2.01. The second-order valence-corrected chi connectivity index (χ2v) is 3.87. The van der Waals surface area contributed by atoms with Gasteiger partial charge in [-0.1, -0.05) is 0 Å². The number of fused-ring (bicyclic) bond motifs is 1. The lowest BCUT2D eigenvalue weighted by Crippen LogP contribution is -2.08. The second kappa shape index (κ2) is 3.42. The summed E-state index contributed by atoms with van der Waals surface area (Å²) < 4.78 is 5.37. The van der Waals surface area contributed by atoms with E-state index in [0.717, 1.165) is 22.2 Å². The maximum atomic E-state index is 7.52. The summed E-state index contributed by atoms with van der Waals surface area (Å²) >= 11 is 0. The van der Waals surface area contributed by atoms with Crippen LogP contribution in [0.1, 0.15) is 5.56 Å². The molecular weight excluding hydrogens is 188 g/mol.